The van der Waals surface area contributed by atoms with Crippen LogP contribution in [0.15, 0.2) is 41.3 Å². The van der Waals surface area contributed by atoms with Crippen LogP contribution < -0.4 is 4.90 Å². The molecule has 1 amide bonds. The number of thioether (sulfide) groups is 1. The molecule has 0 atom stereocenters. The smallest absolute Gasteiger partial charge is 0.233 e. The van der Waals surface area contributed by atoms with Crippen molar-refractivity contribution in [3.05, 3.63) is 53.1 Å². The first-order valence-corrected chi connectivity index (χ1v) is 12.5. The molecule has 0 radical (unpaired) electrons. The van der Waals surface area contributed by atoms with Crippen LogP contribution in [0.4, 0.5) is 5.13 Å². The number of fused-ring (bicyclic) bond motifs is 1. The molecular formula is C24H31N3OS2. The second-order valence-electron chi connectivity index (χ2n) is 7.51. The predicted octanol–water partition coefficient (Wildman–Crippen LogP) is 5.55. The largest absolute Gasteiger partial charge is 0.302 e. The Morgan fingerprint density at radius 1 is 1.07 bits per heavy atom. The minimum atomic E-state index is 0.109. The Labute approximate surface area is 188 Å². The highest BCUT2D eigenvalue weighted by Gasteiger charge is 2.21. The van der Waals surface area contributed by atoms with Crippen molar-refractivity contribution in [1.82, 2.24) is 9.88 Å². The molecule has 0 bridgehead atoms. The van der Waals surface area contributed by atoms with E-state index in [1.54, 1.807) is 23.1 Å². The van der Waals surface area contributed by atoms with Gasteiger partial charge in [-0.1, -0.05) is 48.9 Å². The zero-order valence-electron chi connectivity index (χ0n) is 18.6. The van der Waals surface area contributed by atoms with Crippen LogP contribution in [0.3, 0.4) is 0 Å². The molecule has 160 valence electrons. The van der Waals surface area contributed by atoms with Gasteiger partial charge in [-0.05, 0) is 62.5 Å². The number of nitrogens with zero attached hydrogens (tertiary/aromatic N) is 3. The molecule has 0 saturated heterocycles. The van der Waals surface area contributed by atoms with Gasteiger partial charge in [-0.3, -0.25) is 9.69 Å². The Morgan fingerprint density at radius 2 is 1.83 bits per heavy atom. The molecule has 1 aromatic heterocycles. The van der Waals surface area contributed by atoms with Crippen LogP contribution in [-0.4, -0.2) is 48.2 Å². The predicted molar refractivity (Wildman–Crippen MR) is 131 cm³/mol. The van der Waals surface area contributed by atoms with E-state index in [0.717, 1.165) is 40.5 Å². The first kappa shape index (κ1) is 22.8. The third-order valence-electron chi connectivity index (χ3n) is 5.49. The van der Waals surface area contributed by atoms with Gasteiger partial charge in [0.05, 0.1) is 16.6 Å². The van der Waals surface area contributed by atoms with Gasteiger partial charge in [-0.2, -0.15) is 0 Å². The fraction of sp³-hybridized carbons (Fsp3) is 0.417. The van der Waals surface area contributed by atoms with Crippen molar-refractivity contribution < 1.29 is 4.79 Å². The lowest BCUT2D eigenvalue weighted by Gasteiger charge is -2.25. The highest BCUT2D eigenvalue weighted by atomic mass is 32.2. The van der Waals surface area contributed by atoms with Gasteiger partial charge in [0, 0.05) is 18.0 Å². The summed E-state index contributed by atoms with van der Waals surface area (Å²) >= 11 is 3.33. The summed E-state index contributed by atoms with van der Waals surface area (Å²) in [4.78, 5) is 23.7. The SMILES string of the molecule is CCN(CC)CCN(C(=O)Cc1ccc(C)cc1C)c1nc2ccc(SC)cc2s1. The van der Waals surface area contributed by atoms with Gasteiger partial charge in [0.15, 0.2) is 5.13 Å². The topological polar surface area (TPSA) is 36.4 Å². The van der Waals surface area contributed by atoms with E-state index >= 15 is 0 Å². The normalized spacial score (nSPS) is 11.4. The quantitative estimate of drug-likeness (QED) is 0.408. The van der Waals surface area contributed by atoms with Crippen LogP contribution in [0.1, 0.15) is 30.5 Å². The molecule has 0 aliphatic heterocycles. The number of thiazole rings is 1. The lowest BCUT2D eigenvalue weighted by molar-refractivity contribution is -0.118. The number of amides is 1. The Morgan fingerprint density at radius 3 is 2.50 bits per heavy atom. The van der Waals surface area contributed by atoms with Crippen LogP contribution in [0.2, 0.25) is 0 Å². The van der Waals surface area contributed by atoms with Crippen LogP contribution in [0, 0.1) is 13.8 Å². The van der Waals surface area contributed by atoms with Crippen molar-refractivity contribution in [1.29, 1.82) is 0 Å². The van der Waals surface area contributed by atoms with E-state index in [4.69, 9.17) is 4.98 Å². The Hall–Kier alpha value is -1.89. The van der Waals surface area contributed by atoms with Gasteiger partial charge >= 0.3 is 0 Å². The van der Waals surface area contributed by atoms with Gasteiger partial charge in [0.2, 0.25) is 5.91 Å². The molecule has 3 rings (SSSR count). The minimum absolute atomic E-state index is 0.109. The average molecular weight is 442 g/mol. The van der Waals surface area contributed by atoms with Crippen LogP contribution >= 0.6 is 23.1 Å². The monoisotopic (exact) mass is 441 g/mol. The molecule has 1 heterocycles. The number of rotatable bonds is 9. The number of carbonyl (C=O) groups is 1. The van der Waals surface area contributed by atoms with Gasteiger partial charge < -0.3 is 4.90 Å². The fourth-order valence-electron chi connectivity index (χ4n) is 3.55. The molecule has 6 heteroatoms. The van der Waals surface area contributed by atoms with Crippen molar-refractivity contribution in [3.63, 3.8) is 0 Å². The Bertz CT molecular complexity index is 1010. The van der Waals surface area contributed by atoms with Gasteiger partial charge in [-0.25, -0.2) is 4.98 Å². The number of hydrogen-bond acceptors (Lipinski definition) is 5. The summed E-state index contributed by atoms with van der Waals surface area (Å²) in [6.45, 7) is 11.9. The summed E-state index contributed by atoms with van der Waals surface area (Å²) in [5.74, 6) is 0.109. The highest BCUT2D eigenvalue weighted by Crippen LogP contribution is 2.32. The Kier molecular flexibility index (Phi) is 7.92. The summed E-state index contributed by atoms with van der Waals surface area (Å²) in [6.07, 6.45) is 2.48. The molecule has 0 aliphatic carbocycles. The maximum atomic E-state index is 13.4. The zero-order chi connectivity index (χ0) is 21.7. The number of hydrogen-bond donors (Lipinski definition) is 0. The molecule has 0 saturated carbocycles. The van der Waals surface area contributed by atoms with Crippen molar-refractivity contribution in [2.24, 2.45) is 0 Å². The summed E-state index contributed by atoms with van der Waals surface area (Å²) in [6, 6.07) is 12.6. The van der Waals surface area contributed by atoms with Gasteiger partial charge in [0.25, 0.3) is 0 Å². The molecule has 0 fully saturated rings. The number of anilines is 1. The van der Waals surface area contributed by atoms with E-state index in [1.165, 1.54) is 16.0 Å². The number of aryl methyl sites for hydroxylation is 2. The van der Waals surface area contributed by atoms with E-state index in [0.29, 0.717) is 13.0 Å². The lowest BCUT2D eigenvalue weighted by atomic mass is 10.0. The molecule has 2 aromatic carbocycles. The summed E-state index contributed by atoms with van der Waals surface area (Å²) in [5, 5.41) is 0.796. The van der Waals surface area contributed by atoms with E-state index in [1.807, 2.05) is 4.90 Å². The standard InChI is InChI=1S/C24H31N3OS2/c1-6-26(7-2)12-13-27(23(28)15-19-9-8-17(3)14-18(19)4)24-25-21-11-10-20(29-5)16-22(21)30-24/h8-11,14,16H,6-7,12-13,15H2,1-5H3. The second kappa shape index (κ2) is 10.4. The maximum absolute atomic E-state index is 13.4. The van der Waals surface area contributed by atoms with Crippen molar-refractivity contribution >= 4 is 44.4 Å². The summed E-state index contributed by atoms with van der Waals surface area (Å²) < 4.78 is 1.13. The van der Waals surface area contributed by atoms with E-state index in [9.17, 15) is 4.79 Å². The number of likely N-dealkylation sites (N-methyl/N-ethyl adjacent to an activating group) is 1. The first-order chi connectivity index (χ1) is 14.4. The molecule has 3 aromatic rings. The van der Waals surface area contributed by atoms with Crippen molar-refractivity contribution in [2.75, 3.05) is 37.3 Å². The maximum Gasteiger partial charge on any atom is 0.233 e. The Balaban J connectivity index is 1.90. The number of carbonyl (C=O) groups excluding carboxylic acids is 1. The van der Waals surface area contributed by atoms with Gasteiger partial charge in [-0.15, -0.1) is 11.8 Å². The first-order valence-electron chi connectivity index (χ1n) is 10.5. The van der Waals surface area contributed by atoms with Crippen LogP contribution in [0.25, 0.3) is 10.2 Å². The van der Waals surface area contributed by atoms with Crippen LogP contribution in [0.5, 0.6) is 0 Å². The minimum Gasteiger partial charge on any atom is -0.302 e. The third kappa shape index (κ3) is 5.42. The molecule has 30 heavy (non-hydrogen) atoms. The molecule has 0 aliphatic rings. The molecule has 0 unspecified atom stereocenters. The zero-order valence-corrected chi connectivity index (χ0v) is 20.2. The van der Waals surface area contributed by atoms with Crippen molar-refractivity contribution in [3.8, 4) is 0 Å². The number of benzene rings is 2. The molecular weight excluding hydrogens is 410 g/mol. The van der Waals surface area contributed by atoms with Crippen molar-refractivity contribution in [2.45, 2.75) is 39.0 Å². The average Bonchev–Trinajstić information content (AvgIpc) is 3.15. The van der Waals surface area contributed by atoms with E-state index in [2.05, 4.69) is 75.2 Å². The molecule has 0 N–H and O–H groups in total. The van der Waals surface area contributed by atoms with Gasteiger partial charge in [0.1, 0.15) is 0 Å². The summed E-state index contributed by atoms with van der Waals surface area (Å²) in [5.41, 5.74) is 4.43. The fourth-order valence-corrected chi connectivity index (χ4v) is 5.11. The van der Waals surface area contributed by atoms with E-state index < -0.39 is 0 Å². The highest BCUT2D eigenvalue weighted by molar-refractivity contribution is 7.98. The summed E-state index contributed by atoms with van der Waals surface area (Å²) in [7, 11) is 0. The van der Waals surface area contributed by atoms with E-state index in [-0.39, 0.29) is 5.91 Å². The molecule has 0 spiro atoms. The molecule has 4 nitrogen and oxygen atoms in total. The second-order valence-corrected chi connectivity index (χ2v) is 9.40. The number of aromatic nitrogens is 1. The van der Waals surface area contributed by atoms with Crippen LogP contribution in [-0.2, 0) is 11.2 Å². The third-order valence-corrected chi connectivity index (χ3v) is 7.26. The lowest BCUT2D eigenvalue weighted by Crippen LogP contribution is -2.39.